The SMILES string of the molecule is CCCCNC(=O)C(c1ccccc1C)N(CC)C(=O)C(CO)NC(=O)OC(C)(C)C. The molecule has 0 aromatic heterocycles. The Morgan fingerprint density at radius 2 is 1.81 bits per heavy atom. The topological polar surface area (TPSA) is 108 Å². The highest BCUT2D eigenvalue weighted by Gasteiger charge is 2.35. The van der Waals surface area contributed by atoms with Crippen LogP contribution in [0.4, 0.5) is 4.79 Å². The summed E-state index contributed by atoms with van der Waals surface area (Å²) in [5.74, 6) is -0.860. The number of nitrogens with one attached hydrogen (secondary N) is 2. The molecule has 0 aliphatic heterocycles. The van der Waals surface area contributed by atoms with Crippen LogP contribution in [-0.4, -0.2) is 59.3 Å². The van der Waals surface area contributed by atoms with Gasteiger partial charge < -0.3 is 25.4 Å². The zero-order valence-corrected chi connectivity index (χ0v) is 19.5. The molecule has 3 amide bonds. The van der Waals surface area contributed by atoms with Crippen LogP contribution in [-0.2, 0) is 14.3 Å². The molecule has 0 bridgehead atoms. The quantitative estimate of drug-likeness (QED) is 0.490. The van der Waals surface area contributed by atoms with Crippen molar-refractivity contribution in [2.45, 2.75) is 72.1 Å². The van der Waals surface area contributed by atoms with Crippen LogP contribution in [0.3, 0.4) is 0 Å². The number of aryl methyl sites for hydroxylation is 1. The highest BCUT2D eigenvalue weighted by atomic mass is 16.6. The molecule has 0 spiro atoms. The van der Waals surface area contributed by atoms with Crippen LogP contribution < -0.4 is 10.6 Å². The lowest BCUT2D eigenvalue weighted by atomic mass is 9.98. The lowest BCUT2D eigenvalue weighted by Crippen LogP contribution is -2.54. The predicted molar refractivity (Wildman–Crippen MR) is 119 cm³/mol. The molecule has 3 N–H and O–H groups in total. The number of unbranched alkanes of at least 4 members (excludes halogenated alkanes) is 1. The van der Waals surface area contributed by atoms with Crippen molar-refractivity contribution in [1.82, 2.24) is 15.5 Å². The lowest BCUT2D eigenvalue weighted by molar-refractivity contribution is -0.143. The van der Waals surface area contributed by atoms with Crippen LogP contribution >= 0.6 is 0 Å². The highest BCUT2D eigenvalue weighted by Crippen LogP contribution is 2.25. The molecule has 2 unspecified atom stereocenters. The van der Waals surface area contributed by atoms with Gasteiger partial charge in [-0.2, -0.15) is 0 Å². The minimum Gasteiger partial charge on any atom is -0.444 e. The number of carbonyl (C=O) groups excluding carboxylic acids is 3. The molecule has 174 valence electrons. The number of ether oxygens (including phenoxy) is 1. The number of rotatable bonds is 10. The summed E-state index contributed by atoms with van der Waals surface area (Å²) in [4.78, 5) is 39.9. The Balaban J connectivity index is 3.20. The maximum absolute atomic E-state index is 13.3. The second kappa shape index (κ2) is 12.3. The Labute approximate surface area is 185 Å². The molecule has 0 saturated carbocycles. The van der Waals surface area contributed by atoms with E-state index in [4.69, 9.17) is 4.74 Å². The van der Waals surface area contributed by atoms with Gasteiger partial charge in [0.15, 0.2) is 0 Å². The van der Waals surface area contributed by atoms with Gasteiger partial charge in [-0.3, -0.25) is 9.59 Å². The molecule has 8 nitrogen and oxygen atoms in total. The first-order valence-corrected chi connectivity index (χ1v) is 10.8. The Morgan fingerprint density at radius 1 is 1.16 bits per heavy atom. The number of aliphatic hydroxyl groups excluding tert-OH is 1. The Kier molecular flexibility index (Phi) is 10.5. The summed E-state index contributed by atoms with van der Waals surface area (Å²) in [6.45, 7) is 10.9. The number of nitrogens with zero attached hydrogens (tertiary/aromatic N) is 1. The van der Waals surface area contributed by atoms with Gasteiger partial charge in [-0.25, -0.2) is 4.79 Å². The summed E-state index contributed by atoms with van der Waals surface area (Å²) in [5, 5.41) is 15.1. The van der Waals surface area contributed by atoms with Crippen molar-refractivity contribution in [3.05, 3.63) is 35.4 Å². The molecule has 1 rings (SSSR count). The highest BCUT2D eigenvalue weighted by molar-refractivity contribution is 5.92. The Hall–Kier alpha value is -2.61. The van der Waals surface area contributed by atoms with Gasteiger partial charge in [0, 0.05) is 13.1 Å². The van der Waals surface area contributed by atoms with Crippen molar-refractivity contribution in [1.29, 1.82) is 0 Å². The fourth-order valence-corrected chi connectivity index (χ4v) is 3.13. The van der Waals surface area contributed by atoms with E-state index in [0.717, 1.165) is 18.4 Å². The van der Waals surface area contributed by atoms with Crippen molar-refractivity contribution in [3.8, 4) is 0 Å². The minimum absolute atomic E-state index is 0.214. The summed E-state index contributed by atoms with van der Waals surface area (Å²) in [7, 11) is 0. The van der Waals surface area contributed by atoms with Gasteiger partial charge >= 0.3 is 6.09 Å². The molecule has 8 heteroatoms. The zero-order valence-electron chi connectivity index (χ0n) is 19.5. The smallest absolute Gasteiger partial charge is 0.408 e. The molecular weight excluding hydrogens is 398 g/mol. The number of hydrogen-bond acceptors (Lipinski definition) is 5. The van der Waals surface area contributed by atoms with Crippen molar-refractivity contribution in [2.24, 2.45) is 0 Å². The third-order valence-corrected chi connectivity index (χ3v) is 4.67. The van der Waals surface area contributed by atoms with E-state index >= 15 is 0 Å². The summed E-state index contributed by atoms with van der Waals surface area (Å²) >= 11 is 0. The van der Waals surface area contributed by atoms with Gasteiger partial charge in [0.05, 0.1) is 6.61 Å². The fraction of sp³-hybridized carbons (Fsp3) is 0.609. The predicted octanol–water partition coefficient (Wildman–Crippen LogP) is 2.69. The molecule has 0 radical (unpaired) electrons. The first-order chi connectivity index (χ1) is 14.6. The molecule has 1 aromatic carbocycles. The zero-order chi connectivity index (χ0) is 23.6. The van der Waals surface area contributed by atoms with E-state index in [1.165, 1.54) is 4.90 Å². The average Bonchev–Trinajstić information content (AvgIpc) is 2.69. The van der Waals surface area contributed by atoms with Gasteiger partial charge in [-0.1, -0.05) is 37.6 Å². The molecule has 1 aromatic rings. The van der Waals surface area contributed by atoms with Crippen LogP contribution in [0.25, 0.3) is 0 Å². The maximum Gasteiger partial charge on any atom is 0.408 e. The number of likely N-dealkylation sites (N-methyl/N-ethyl adjacent to an activating group) is 1. The second-order valence-corrected chi connectivity index (χ2v) is 8.41. The molecule has 0 heterocycles. The summed E-state index contributed by atoms with van der Waals surface area (Å²) in [5.41, 5.74) is 0.811. The molecule has 0 saturated heterocycles. The number of aliphatic hydroxyl groups is 1. The second-order valence-electron chi connectivity index (χ2n) is 8.41. The molecule has 2 atom stereocenters. The first kappa shape index (κ1) is 26.4. The van der Waals surface area contributed by atoms with Gasteiger partial charge in [0.25, 0.3) is 0 Å². The normalized spacial score (nSPS) is 13.1. The summed E-state index contributed by atoms with van der Waals surface area (Å²) in [6.07, 6.45) is 0.944. The van der Waals surface area contributed by atoms with E-state index in [1.807, 2.05) is 38.1 Å². The third kappa shape index (κ3) is 8.20. The third-order valence-electron chi connectivity index (χ3n) is 4.67. The van der Waals surface area contributed by atoms with Crippen LogP contribution in [0.2, 0.25) is 0 Å². The monoisotopic (exact) mass is 435 g/mol. The Morgan fingerprint density at radius 3 is 2.32 bits per heavy atom. The largest absolute Gasteiger partial charge is 0.444 e. The standard InChI is InChI=1S/C23H37N3O5/c1-7-9-14-24-20(28)19(17-13-11-10-12-16(17)3)26(8-2)21(29)18(15-27)25-22(30)31-23(4,5)6/h10-13,18-19,27H,7-9,14-15H2,1-6H3,(H,24,28)(H,25,30). The molecule has 31 heavy (non-hydrogen) atoms. The fourth-order valence-electron chi connectivity index (χ4n) is 3.13. The molecule has 0 aliphatic rings. The van der Waals surface area contributed by atoms with Crippen molar-refractivity contribution in [3.63, 3.8) is 0 Å². The molecular formula is C23H37N3O5. The Bertz CT molecular complexity index is 745. The average molecular weight is 436 g/mol. The number of hydrogen-bond donors (Lipinski definition) is 3. The lowest BCUT2D eigenvalue weighted by Gasteiger charge is -2.34. The van der Waals surface area contributed by atoms with Gasteiger partial charge in [0.1, 0.15) is 17.7 Å². The number of alkyl carbamates (subject to hydrolysis) is 1. The first-order valence-electron chi connectivity index (χ1n) is 10.8. The maximum atomic E-state index is 13.3. The van der Waals surface area contributed by atoms with Crippen molar-refractivity contribution >= 4 is 17.9 Å². The van der Waals surface area contributed by atoms with Crippen molar-refractivity contribution < 1.29 is 24.2 Å². The van der Waals surface area contributed by atoms with Crippen LogP contribution in [0, 0.1) is 6.92 Å². The van der Waals surface area contributed by atoms with E-state index in [1.54, 1.807) is 27.7 Å². The van der Waals surface area contributed by atoms with Gasteiger partial charge in [0.2, 0.25) is 11.8 Å². The van der Waals surface area contributed by atoms with E-state index in [9.17, 15) is 19.5 Å². The number of carbonyl (C=O) groups is 3. The molecule has 0 fully saturated rings. The number of benzene rings is 1. The van der Waals surface area contributed by atoms with Gasteiger partial charge in [-0.15, -0.1) is 0 Å². The minimum atomic E-state index is -1.23. The van der Waals surface area contributed by atoms with Crippen molar-refractivity contribution in [2.75, 3.05) is 19.7 Å². The molecule has 0 aliphatic carbocycles. The van der Waals surface area contributed by atoms with Gasteiger partial charge in [-0.05, 0) is 52.2 Å². The van der Waals surface area contributed by atoms with E-state index < -0.39 is 36.3 Å². The van der Waals surface area contributed by atoms with Crippen LogP contribution in [0.1, 0.15) is 64.6 Å². The summed E-state index contributed by atoms with van der Waals surface area (Å²) in [6, 6.07) is 5.25. The van der Waals surface area contributed by atoms with Crippen LogP contribution in [0.15, 0.2) is 24.3 Å². The summed E-state index contributed by atoms with van der Waals surface area (Å²) < 4.78 is 5.20. The number of amides is 3. The van der Waals surface area contributed by atoms with Crippen LogP contribution in [0.5, 0.6) is 0 Å². The van der Waals surface area contributed by atoms with E-state index in [-0.39, 0.29) is 12.5 Å². The van der Waals surface area contributed by atoms with E-state index in [2.05, 4.69) is 10.6 Å². The van der Waals surface area contributed by atoms with E-state index in [0.29, 0.717) is 12.1 Å².